The van der Waals surface area contributed by atoms with Crippen molar-refractivity contribution in [1.82, 2.24) is 15.4 Å². The zero-order valence-corrected chi connectivity index (χ0v) is 19.9. The number of aliphatic imine (C=N–C) groups is 1. The van der Waals surface area contributed by atoms with E-state index >= 15 is 0 Å². The van der Waals surface area contributed by atoms with Gasteiger partial charge >= 0.3 is 0 Å². The molecule has 156 valence electrons. The second-order valence-electron chi connectivity index (χ2n) is 6.49. The molecule has 0 radical (unpaired) electrons. The number of sulfonamides is 1. The van der Waals surface area contributed by atoms with Crippen LogP contribution >= 0.6 is 35.3 Å². The number of ether oxygens (including phenoxy) is 1. The Morgan fingerprint density at radius 2 is 2.22 bits per heavy atom. The Balaban J connectivity index is 0.00000364. The van der Waals surface area contributed by atoms with Gasteiger partial charge in [-0.3, -0.25) is 4.99 Å². The van der Waals surface area contributed by atoms with Crippen molar-refractivity contribution in [2.45, 2.75) is 38.2 Å². The fourth-order valence-corrected chi connectivity index (χ4v) is 4.45. The van der Waals surface area contributed by atoms with E-state index in [2.05, 4.69) is 44.1 Å². The molecule has 2 rings (SSSR count). The molecule has 1 fully saturated rings. The van der Waals surface area contributed by atoms with Crippen LogP contribution < -0.4 is 15.4 Å². The molecule has 27 heavy (non-hydrogen) atoms. The summed E-state index contributed by atoms with van der Waals surface area (Å²) >= 11 is 1.68. The van der Waals surface area contributed by atoms with Crippen molar-refractivity contribution in [3.05, 3.63) is 22.4 Å². The average Bonchev–Trinajstić information content (AvgIpc) is 3.18. The van der Waals surface area contributed by atoms with Crippen LogP contribution in [0.3, 0.4) is 0 Å². The lowest BCUT2D eigenvalue weighted by atomic mass is 10.1. The predicted octanol–water partition coefficient (Wildman–Crippen LogP) is 2.12. The van der Waals surface area contributed by atoms with Crippen molar-refractivity contribution in [2.24, 2.45) is 4.99 Å². The lowest BCUT2D eigenvalue weighted by molar-refractivity contribution is 0.0200. The Morgan fingerprint density at radius 3 is 2.85 bits per heavy atom. The third-order valence-corrected chi connectivity index (χ3v) is 6.43. The van der Waals surface area contributed by atoms with Gasteiger partial charge in [-0.1, -0.05) is 6.92 Å². The number of halogens is 1. The lowest BCUT2D eigenvalue weighted by Gasteiger charge is -2.22. The van der Waals surface area contributed by atoms with Crippen LogP contribution in [0, 0.1) is 0 Å². The van der Waals surface area contributed by atoms with Crippen LogP contribution in [0.2, 0.25) is 0 Å². The van der Waals surface area contributed by atoms with Crippen LogP contribution in [0.25, 0.3) is 0 Å². The summed E-state index contributed by atoms with van der Waals surface area (Å²) in [7, 11) is -1.65. The summed E-state index contributed by atoms with van der Waals surface area (Å²) in [5.74, 6) is 0.971. The van der Waals surface area contributed by atoms with Crippen molar-refractivity contribution >= 4 is 51.3 Å². The normalized spacial score (nSPS) is 19.2. The maximum Gasteiger partial charge on any atom is 0.213 e. The molecule has 10 heteroatoms. The van der Waals surface area contributed by atoms with E-state index in [1.807, 2.05) is 0 Å². The van der Waals surface area contributed by atoms with Gasteiger partial charge in [0.25, 0.3) is 0 Å². The number of hydrogen-bond acceptors (Lipinski definition) is 5. The van der Waals surface area contributed by atoms with Gasteiger partial charge in [0.15, 0.2) is 5.96 Å². The molecule has 1 aliphatic heterocycles. The quantitative estimate of drug-likeness (QED) is 0.259. The number of guanidine groups is 1. The van der Waals surface area contributed by atoms with Gasteiger partial charge in [0.1, 0.15) is 0 Å². The molecule has 0 saturated carbocycles. The maximum atomic E-state index is 12.1. The Hall–Kier alpha value is -0.430. The van der Waals surface area contributed by atoms with Gasteiger partial charge in [-0.15, -0.1) is 24.0 Å². The first-order valence-electron chi connectivity index (χ1n) is 9.05. The molecule has 0 bridgehead atoms. The molecule has 1 aromatic rings. The predicted molar refractivity (Wildman–Crippen MR) is 123 cm³/mol. The number of nitrogens with one attached hydrogen (secondary N) is 3. The number of hydrogen-bond donors (Lipinski definition) is 3. The summed E-state index contributed by atoms with van der Waals surface area (Å²) < 4.78 is 32.4. The highest BCUT2D eigenvalue weighted by atomic mass is 127. The molecule has 3 N–H and O–H groups in total. The molecule has 1 aromatic heterocycles. The van der Waals surface area contributed by atoms with Gasteiger partial charge in [0.2, 0.25) is 10.0 Å². The summed E-state index contributed by atoms with van der Waals surface area (Å²) in [5.41, 5.74) is 1.29. The first-order chi connectivity index (χ1) is 12.5. The smallest absolute Gasteiger partial charge is 0.213 e. The summed E-state index contributed by atoms with van der Waals surface area (Å²) in [5, 5.41) is 10.5. The monoisotopic (exact) mass is 530 g/mol. The van der Waals surface area contributed by atoms with Crippen LogP contribution in [0.4, 0.5) is 0 Å². The van der Waals surface area contributed by atoms with Crippen LogP contribution in [0.1, 0.15) is 37.7 Å². The second kappa shape index (κ2) is 12.9. The molecule has 2 heterocycles. The fraction of sp³-hybridized carbons (Fsp3) is 0.706. The molecule has 2 unspecified atom stereocenters. The molecular formula is C17H31IN4O3S2. The molecule has 0 spiro atoms. The number of rotatable bonds is 9. The third kappa shape index (κ3) is 9.55. The molecule has 2 atom stereocenters. The van der Waals surface area contributed by atoms with Gasteiger partial charge in [-0.25, -0.2) is 13.1 Å². The zero-order valence-electron chi connectivity index (χ0n) is 15.9. The minimum absolute atomic E-state index is 0. The highest BCUT2D eigenvalue weighted by Gasteiger charge is 2.17. The lowest BCUT2D eigenvalue weighted by Crippen LogP contribution is -2.43. The summed E-state index contributed by atoms with van der Waals surface area (Å²) in [6.45, 7) is 4.26. The maximum absolute atomic E-state index is 12.1. The SMILES string of the molecule is CN=C(NCCS(=O)(=O)NCC1CCCCO1)NCC(C)c1ccsc1.I. The van der Waals surface area contributed by atoms with Gasteiger partial charge in [-0.05, 0) is 47.6 Å². The van der Waals surface area contributed by atoms with E-state index in [-0.39, 0.29) is 35.8 Å². The summed E-state index contributed by atoms with van der Waals surface area (Å²) in [6, 6.07) is 2.11. The molecule has 0 amide bonds. The Bertz CT molecular complexity index is 647. The number of thiophene rings is 1. The third-order valence-electron chi connectivity index (χ3n) is 4.38. The summed E-state index contributed by atoms with van der Waals surface area (Å²) in [6.07, 6.45) is 3.07. The Kier molecular flexibility index (Phi) is 11.8. The standard InChI is InChI=1S/C17H30N4O3S2.HI/c1-14(15-6-9-25-13-15)11-20-17(18-2)19-7-10-26(22,23)21-12-16-5-3-4-8-24-16;/h6,9,13-14,16,21H,3-5,7-8,10-12H2,1-2H3,(H2,18,19,20);1H. The average molecular weight is 530 g/mol. The topological polar surface area (TPSA) is 91.8 Å². The zero-order chi connectivity index (χ0) is 18.8. The number of nitrogens with zero attached hydrogens (tertiary/aromatic N) is 1. The Morgan fingerprint density at radius 1 is 1.41 bits per heavy atom. The second-order valence-corrected chi connectivity index (χ2v) is 9.20. The minimum Gasteiger partial charge on any atom is -0.377 e. The fourth-order valence-electron chi connectivity index (χ4n) is 2.71. The molecular weight excluding hydrogens is 499 g/mol. The van der Waals surface area contributed by atoms with Crippen LogP contribution in [-0.4, -0.2) is 59.5 Å². The van der Waals surface area contributed by atoms with E-state index < -0.39 is 10.0 Å². The van der Waals surface area contributed by atoms with E-state index in [0.29, 0.717) is 25.0 Å². The Labute approximate surface area is 183 Å². The molecule has 0 aliphatic carbocycles. The van der Waals surface area contributed by atoms with Gasteiger partial charge in [0.05, 0.1) is 11.9 Å². The minimum atomic E-state index is -3.33. The molecule has 1 aliphatic rings. The van der Waals surface area contributed by atoms with E-state index in [0.717, 1.165) is 32.4 Å². The van der Waals surface area contributed by atoms with Crippen LogP contribution in [0.5, 0.6) is 0 Å². The van der Waals surface area contributed by atoms with Crippen molar-refractivity contribution < 1.29 is 13.2 Å². The van der Waals surface area contributed by atoms with E-state index in [1.54, 1.807) is 18.4 Å². The largest absolute Gasteiger partial charge is 0.377 e. The van der Waals surface area contributed by atoms with Crippen molar-refractivity contribution in [3.63, 3.8) is 0 Å². The highest BCUT2D eigenvalue weighted by Crippen LogP contribution is 2.17. The van der Waals surface area contributed by atoms with E-state index in [4.69, 9.17) is 4.74 Å². The van der Waals surface area contributed by atoms with Crippen molar-refractivity contribution in [1.29, 1.82) is 0 Å². The van der Waals surface area contributed by atoms with Crippen molar-refractivity contribution in [3.8, 4) is 0 Å². The van der Waals surface area contributed by atoms with Crippen molar-refractivity contribution in [2.75, 3.05) is 39.0 Å². The van der Waals surface area contributed by atoms with E-state index in [9.17, 15) is 8.42 Å². The first-order valence-corrected chi connectivity index (χ1v) is 11.6. The first kappa shape index (κ1) is 24.6. The molecule has 7 nitrogen and oxygen atoms in total. The molecule has 1 saturated heterocycles. The van der Waals surface area contributed by atoms with Gasteiger partial charge in [0, 0.05) is 33.3 Å². The van der Waals surface area contributed by atoms with Gasteiger partial charge < -0.3 is 15.4 Å². The van der Waals surface area contributed by atoms with Crippen LogP contribution in [-0.2, 0) is 14.8 Å². The highest BCUT2D eigenvalue weighted by molar-refractivity contribution is 14.0. The summed E-state index contributed by atoms with van der Waals surface area (Å²) in [4.78, 5) is 4.14. The van der Waals surface area contributed by atoms with Gasteiger partial charge in [-0.2, -0.15) is 11.3 Å². The van der Waals surface area contributed by atoms with E-state index in [1.165, 1.54) is 5.56 Å². The molecule has 0 aromatic carbocycles. The van der Waals surface area contributed by atoms with Crippen LogP contribution in [0.15, 0.2) is 21.8 Å².